The Morgan fingerprint density at radius 1 is 1.00 bits per heavy atom. The Balaban J connectivity index is 1.27. The maximum absolute atomic E-state index is 13.7. The maximum Gasteiger partial charge on any atom is 0.255 e. The molecule has 0 spiro atoms. The van der Waals surface area contributed by atoms with Crippen LogP contribution < -0.4 is 5.32 Å². The minimum absolute atomic E-state index is 0.0663. The van der Waals surface area contributed by atoms with Gasteiger partial charge < -0.3 is 15.1 Å². The number of nitrogens with zero attached hydrogens (tertiary/aromatic N) is 3. The van der Waals surface area contributed by atoms with Crippen molar-refractivity contribution in [3.63, 3.8) is 0 Å². The van der Waals surface area contributed by atoms with Crippen LogP contribution in [0.15, 0.2) is 72.9 Å². The minimum Gasteiger partial charge on any atom is -0.331 e. The fourth-order valence-electron chi connectivity index (χ4n) is 5.30. The number of amides is 2. The molecule has 1 saturated heterocycles. The lowest BCUT2D eigenvalue weighted by molar-refractivity contribution is 0.0546. The Morgan fingerprint density at radius 3 is 2.40 bits per heavy atom. The van der Waals surface area contributed by atoms with Crippen LogP contribution in [0.4, 0.5) is 5.69 Å². The lowest BCUT2D eigenvalue weighted by Crippen LogP contribution is -2.47. The number of piperidine rings is 1. The van der Waals surface area contributed by atoms with Gasteiger partial charge >= 0.3 is 0 Å². The van der Waals surface area contributed by atoms with E-state index in [-0.39, 0.29) is 17.9 Å². The van der Waals surface area contributed by atoms with Gasteiger partial charge in [-0.05, 0) is 86.7 Å². The predicted molar refractivity (Wildman–Crippen MR) is 160 cm³/mol. The zero-order chi connectivity index (χ0) is 28.1. The molecule has 2 heterocycles. The van der Waals surface area contributed by atoms with Gasteiger partial charge in [-0.1, -0.05) is 43.7 Å². The highest BCUT2D eigenvalue weighted by Gasteiger charge is 2.29. The summed E-state index contributed by atoms with van der Waals surface area (Å²) in [5.74, 6) is 0.589. The molecule has 3 aromatic carbocycles. The van der Waals surface area contributed by atoms with E-state index in [4.69, 9.17) is 0 Å². The molecular formula is C33H39N5O2. The van der Waals surface area contributed by atoms with Crippen LogP contribution in [0, 0.1) is 12.8 Å². The van der Waals surface area contributed by atoms with Crippen LogP contribution in [-0.2, 0) is 6.54 Å². The highest BCUT2D eigenvalue weighted by molar-refractivity contribution is 6.05. The number of aromatic nitrogens is 2. The van der Waals surface area contributed by atoms with Crippen molar-refractivity contribution in [2.24, 2.45) is 5.92 Å². The van der Waals surface area contributed by atoms with Crippen LogP contribution in [0.2, 0.25) is 0 Å². The number of anilines is 1. The fourth-order valence-corrected chi connectivity index (χ4v) is 5.30. The first-order valence-electron chi connectivity index (χ1n) is 14.3. The molecule has 0 atom stereocenters. The number of hydrogen-bond acceptors (Lipinski definition) is 4. The van der Waals surface area contributed by atoms with Crippen LogP contribution in [0.3, 0.4) is 0 Å². The second-order valence-electron chi connectivity index (χ2n) is 11.4. The van der Waals surface area contributed by atoms with Crippen LogP contribution >= 0.6 is 0 Å². The van der Waals surface area contributed by atoms with Crippen LogP contribution in [0.1, 0.15) is 65.0 Å². The number of rotatable bonds is 9. The molecule has 0 bridgehead atoms. The summed E-state index contributed by atoms with van der Waals surface area (Å²) in [6, 6.07) is 21.3. The van der Waals surface area contributed by atoms with E-state index in [2.05, 4.69) is 34.3 Å². The summed E-state index contributed by atoms with van der Waals surface area (Å²) in [6.07, 6.45) is 4.89. The Bertz CT molecular complexity index is 1430. The molecular weight excluding hydrogens is 498 g/mol. The molecule has 4 aromatic rings. The van der Waals surface area contributed by atoms with E-state index in [0.29, 0.717) is 23.7 Å². The van der Waals surface area contributed by atoms with Gasteiger partial charge in [0.15, 0.2) is 0 Å². The monoisotopic (exact) mass is 537 g/mol. The van der Waals surface area contributed by atoms with Gasteiger partial charge in [-0.25, -0.2) is 0 Å². The molecule has 2 N–H and O–H groups in total. The second kappa shape index (κ2) is 12.5. The second-order valence-corrected chi connectivity index (χ2v) is 11.4. The molecule has 0 radical (unpaired) electrons. The summed E-state index contributed by atoms with van der Waals surface area (Å²) in [7, 11) is 0. The molecule has 2 amide bonds. The molecule has 1 aliphatic rings. The van der Waals surface area contributed by atoms with E-state index in [1.807, 2.05) is 78.6 Å². The molecule has 0 saturated carbocycles. The van der Waals surface area contributed by atoms with Crippen molar-refractivity contribution in [2.75, 3.05) is 25.0 Å². The number of aryl methyl sites for hydroxylation is 1. The summed E-state index contributed by atoms with van der Waals surface area (Å²) in [4.78, 5) is 31.2. The lowest BCUT2D eigenvalue weighted by Gasteiger charge is -2.39. The van der Waals surface area contributed by atoms with E-state index >= 15 is 0 Å². The third-order valence-corrected chi connectivity index (χ3v) is 7.85. The van der Waals surface area contributed by atoms with Gasteiger partial charge in [0.2, 0.25) is 0 Å². The van der Waals surface area contributed by atoms with E-state index in [1.165, 1.54) is 6.42 Å². The molecule has 7 nitrogen and oxygen atoms in total. The quantitative estimate of drug-likeness (QED) is 0.263. The van der Waals surface area contributed by atoms with Crippen LogP contribution in [-0.4, -0.2) is 57.5 Å². The number of fused-ring (bicyclic) bond motifs is 1. The zero-order valence-corrected chi connectivity index (χ0v) is 23.7. The Kier molecular flexibility index (Phi) is 8.60. The first kappa shape index (κ1) is 27.6. The topological polar surface area (TPSA) is 81.3 Å². The SMILES string of the molecule is Cc1ccc(C(=O)N(Cc2ccc(C(=O)Nc3ccc4cn[nH]c4c3)cc2)C2CCN(CCC(C)C)CC2)cc1. The summed E-state index contributed by atoms with van der Waals surface area (Å²) in [5, 5.41) is 10.9. The van der Waals surface area contributed by atoms with Gasteiger partial charge in [-0.15, -0.1) is 0 Å². The van der Waals surface area contributed by atoms with E-state index < -0.39 is 0 Å². The smallest absolute Gasteiger partial charge is 0.255 e. The third kappa shape index (κ3) is 6.77. The average molecular weight is 538 g/mol. The van der Waals surface area contributed by atoms with Crippen LogP contribution in [0.25, 0.3) is 10.9 Å². The average Bonchev–Trinajstić information content (AvgIpc) is 3.43. The number of benzene rings is 3. The van der Waals surface area contributed by atoms with Crippen molar-refractivity contribution in [1.29, 1.82) is 0 Å². The van der Waals surface area contributed by atoms with Crippen molar-refractivity contribution in [2.45, 2.75) is 52.6 Å². The molecule has 1 fully saturated rings. The number of carbonyl (C=O) groups excluding carboxylic acids is 2. The Labute approximate surface area is 236 Å². The number of nitrogens with one attached hydrogen (secondary N) is 2. The van der Waals surface area contributed by atoms with Gasteiger partial charge in [-0.3, -0.25) is 14.7 Å². The number of likely N-dealkylation sites (tertiary alicyclic amines) is 1. The predicted octanol–water partition coefficient (Wildman–Crippen LogP) is 6.28. The highest BCUT2D eigenvalue weighted by atomic mass is 16.2. The van der Waals surface area contributed by atoms with Crippen molar-refractivity contribution >= 4 is 28.4 Å². The van der Waals surface area contributed by atoms with Gasteiger partial charge in [-0.2, -0.15) is 5.10 Å². The van der Waals surface area contributed by atoms with Crippen LogP contribution in [0.5, 0.6) is 0 Å². The van der Waals surface area contributed by atoms with E-state index in [1.54, 1.807) is 6.20 Å². The molecule has 40 heavy (non-hydrogen) atoms. The van der Waals surface area contributed by atoms with Crippen molar-refractivity contribution in [3.8, 4) is 0 Å². The number of aromatic amines is 1. The number of carbonyl (C=O) groups is 2. The van der Waals surface area contributed by atoms with Gasteiger partial charge in [0.1, 0.15) is 0 Å². The number of hydrogen-bond donors (Lipinski definition) is 2. The number of H-pyrrole nitrogens is 1. The molecule has 0 aliphatic carbocycles. The van der Waals surface area contributed by atoms with Gasteiger partial charge in [0.05, 0.1) is 11.7 Å². The molecule has 1 aromatic heterocycles. The zero-order valence-electron chi connectivity index (χ0n) is 23.7. The normalized spacial score (nSPS) is 14.5. The molecule has 1 aliphatic heterocycles. The van der Waals surface area contributed by atoms with Crippen molar-refractivity contribution in [3.05, 3.63) is 95.2 Å². The summed E-state index contributed by atoms with van der Waals surface area (Å²) < 4.78 is 0. The summed E-state index contributed by atoms with van der Waals surface area (Å²) in [5.41, 5.74) is 5.03. The molecule has 5 rings (SSSR count). The van der Waals surface area contributed by atoms with Crippen molar-refractivity contribution in [1.82, 2.24) is 20.0 Å². The molecule has 0 unspecified atom stereocenters. The molecule has 7 heteroatoms. The minimum atomic E-state index is -0.174. The maximum atomic E-state index is 13.7. The first-order valence-corrected chi connectivity index (χ1v) is 14.3. The van der Waals surface area contributed by atoms with Gasteiger partial charge in [0, 0.05) is 47.9 Å². The van der Waals surface area contributed by atoms with E-state index in [0.717, 1.165) is 60.1 Å². The molecule has 208 valence electrons. The highest BCUT2D eigenvalue weighted by Crippen LogP contribution is 2.23. The summed E-state index contributed by atoms with van der Waals surface area (Å²) in [6.45, 7) is 10.2. The first-order chi connectivity index (χ1) is 19.4. The largest absolute Gasteiger partial charge is 0.331 e. The fraction of sp³-hybridized carbons (Fsp3) is 0.364. The third-order valence-electron chi connectivity index (χ3n) is 7.85. The summed E-state index contributed by atoms with van der Waals surface area (Å²) >= 11 is 0. The van der Waals surface area contributed by atoms with E-state index in [9.17, 15) is 9.59 Å². The standard InChI is InChI=1S/C33H39N5O2/c1-23(2)14-17-37-18-15-30(16-19-37)38(33(40)27-8-4-24(3)5-9-27)22-25-6-10-26(11-7-25)32(39)35-29-13-12-28-21-34-36-31(28)20-29/h4-13,20-21,23,30H,14-19,22H2,1-3H3,(H,34,36)(H,35,39). The Hall–Kier alpha value is -3.97. The lowest BCUT2D eigenvalue weighted by atomic mass is 9.99. The Morgan fingerprint density at radius 2 is 1.70 bits per heavy atom. The van der Waals surface area contributed by atoms with Crippen molar-refractivity contribution < 1.29 is 9.59 Å². The van der Waals surface area contributed by atoms with Gasteiger partial charge in [0.25, 0.3) is 11.8 Å².